The van der Waals surface area contributed by atoms with Crippen LogP contribution in [0.1, 0.15) is 77.0 Å². The van der Waals surface area contributed by atoms with Gasteiger partial charge in [-0.1, -0.05) is 48.0 Å². The summed E-state index contributed by atoms with van der Waals surface area (Å²) in [6, 6.07) is 0. The summed E-state index contributed by atoms with van der Waals surface area (Å²) in [4.78, 5) is 0.779. The Kier molecular flexibility index (Phi) is 4.35. The van der Waals surface area contributed by atoms with Crippen LogP contribution in [0.4, 0.5) is 0 Å². The third-order valence-electron chi connectivity index (χ3n) is 5.42. The molecule has 2 heteroatoms. The third kappa shape index (κ3) is 3.12. The first-order valence-corrected chi connectivity index (χ1v) is 8.99. The Balaban J connectivity index is 1.49. The quantitative estimate of drug-likeness (QED) is 0.635. The molecular weight excluding hydrogens is 288 g/mol. The molecule has 1 saturated heterocycles. The van der Waals surface area contributed by atoms with Gasteiger partial charge in [0.1, 0.15) is 0 Å². The van der Waals surface area contributed by atoms with Crippen molar-refractivity contribution in [2.24, 2.45) is 5.92 Å². The van der Waals surface area contributed by atoms with Gasteiger partial charge in [0.05, 0.1) is 11.7 Å². The van der Waals surface area contributed by atoms with Gasteiger partial charge in [0.25, 0.3) is 0 Å². The van der Waals surface area contributed by atoms with E-state index in [1.807, 2.05) is 0 Å². The molecule has 0 radical (unpaired) electrons. The minimum atomic E-state index is 0.325. The molecular formula is C16H27BrO. The van der Waals surface area contributed by atoms with Gasteiger partial charge in [-0.2, -0.15) is 0 Å². The zero-order valence-corrected chi connectivity index (χ0v) is 13.1. The fraction of sp³-hybridized carbons (Fsp3) is 1.00. The highest BCUT2D eigenvalue weighted by molar-refractivity contribution is 9.09. The van der Waals surface area contributed by atoms with Crippen LogP contribution in [0.15, 0.2) is 0 Å². The average molecular weight is 315 g/mol. The fourth-order valence-corrected chi connectivity index (χ4v) is 5.29. The van der Waals surface area contributed by atoms with Gasteiger partial charge in [-0.15, -0.1) is 0 Å². The molecule has 1 aliphatic heterocycles. The summed E-state index contributed by atoms with van der Waals surface area (Å²) in [6.45, 7) is 0. The van der Waals surface area contributed by atoms with Crippen molar-refractivity contribution in [1.82, 2.24) is 0 Å². The van der Waals surface area contributed by atoms with Crippen LogP contribution >= 0.6 is 15.9 Å². The van der Waals surface area contributed by atoms with Gasteiger partial charge in [-0.25, -0.2) is 0 Å². The molecule has 3 unspecified atom stereocenters. The Morgan fingerprint density at radius 1 is 0.944 bits per heavy atom. The molecule has 0 amide bonds. The first kappa shape index (κ1) is 13.4. The lowest BCUT2D eigenvalue weighted by Gasteiger charge is -2.34. The van der Waals surface area contributed by atoms with Crippen LogP contribution in [0.2, 0.25) is 0 Å². The molecule has 3 rings (SSSR count). The molecule has 3 aliphatic rings. The summed E-state index contributed by atoms with van der Waals surface area (Å²) in [6.07, 6.45) is 17.2. The Morgan fingerprint density at radius 2 is 1.78 bits per heavy atom. The van der Waals surface area contributed by atoms with E-state index < -0.39 is 0 Å². The van der Waals surface area contributed by atoms with Crippen molar-refractivity contribution in [3.05, 3.63) is 0 Å². The second-order valence-electron chi connectivity index (χ2n) is 6.89. The topological polar surface area (TPSA) is 9.23 Å². The molecule has 2 saturated carbocycles. The van der Waals surface area contributed by atoms with Crippen LogP contribution in [0.3, 0.4) is 0 Å². The van der Waals surface area contributed by atoms with Crippen LogP contribution < -0.4 is 0 Å². The number of ether oxygens (including phenoxy) is 1. The maximum atomic E-state index is 6.51. The largest absolute Gasteiger partial charge is 0.372 e. The van der Waals surface area contributed by atoms with Crippen LogP contribution in [0, 0.1) is 5.92 Å². The zero-order valence-electron chi connectivity index (χ0n) is 11.5. The van der Waals surface area contributed by atoms with Gasteiger partial charge in [-0.05, 0) is 50.9 Å². The average Bonchev–Trinajstić information content (AvgIpc) is 2.73. The highest BCUT2D eigenvalue weighted by atomic mass is 79.9. The minimum Gasteiger partial charge on any atom is -0.372 e. The molecule has 2 aliphatic carbocycles. The van der Waals surface area contributed by atoms with E-state index in [9.17, 15) is 0 Å². The first-order chi connectivity index (χ1) is 8.76. The zero-order chi connectivity index (χ0) is 12.4. The minimum absolute atomic E-state index is 0.325. The number of halogens is 1. The lowest BCUT2D eigenvalue weighted by Crippen LogP contribution is -2.32. The van der Waals surface area contributed by atoms with Crippen molar-refractivity contribution in [3.8, 4) is 0 Å². The Hall–Kier alpha value is 0.440. The number of rotatable bonds is 2. The van der Waals surface area contributed by atoms with E-state index in [-0.39, 0.29) is 0 Å². The van der Waals surface area contributed by atoms with E-state index in [0.717, 1.165) is 10.7 Å². The molecule has 0 bridgehead atoms. The lowest BCUT2D eigenvalue weighted by atomic mass is 9.82. The van der Waals surface area contributed by atoms with Crippen molar-refractivity contribution in [2.75, 3.05) is 0 Å². The third-order valence-corrected chi connectivity index (χ3v) is 6.25. The van der Waals surface area contributed by atoms with Gasteiger partial charge >= 0.3 is 0 Å². The van der Waals surface area contributed by atoms with E-state index in [2.05, 4.69) is 15.9 Å². The summed E-state index contributed by atoms with van der Waals surface area (Å²) < 4.78 is 6.51. The van der Waals surface area contributed by atoms with Crippen molar-refractivity contribution in [2.45, 2.75) is 93.6 Å². The van der Waals surface area contributed by atoms with E-state index in [1.54, 1.807) is 0 Å². The predicted octanol–water partition coefficient (Wildman–Crippen LogP) is 5.21. The number of hydrogen-bond acceptors (Lipinski definition) is 1. The molecule has 1 spiro atoms. The Bertz CT molecular complexity index is 272. The molecule has 3 fully saturated rings. The van der Waals surface area contributed by atoms with E-state index in [1.165, 1.54) is 77.0 Å². The highest BCUT2D eigenvalue weighted by Gasteiger charge is 2.41. The second kappa shape index (κ2) is 5.83. The molecule has 0 aromatic rings. The smallest absolute Gasteiger partial charge is 0.0687 e. The van der Waals surface area contributed by atoms with Crippen molar-refractivity contribution in [1.29, 1.82) is 0 Å². The molecule has 104 valence electrons. The summed E-state index contributed by atoms with van der Waals surface area (Å²) >= 11 is 3.81. The van der Waals surface area contributed by atoms with Crippen LogP contribution in [-0.2, 0) is 4.74 Å². The predicted molar refractivity (Wildman–Crippen MR) is 79.2 cm³/mol. The van der Waals surface area contributed by atoms with Gasteiger partial charge in [0.2, 0.25) is 0 Å². The molecule has 0 N–H and O–H groups in total. The molecule has 1 nitrogen and oxygen atoms in total. The monoisotopic (exact) mass is 314 g/mol. The standard InChI is InChI=1S/C16H27BrO/c17-14-6-4-5-13(11-14)12-15-7-10-16(18-15)8-2-1-3-9-16/h13-15H,1-12H2. The lowest BCUT2D eigenvalue weighted by molar-refractivity contribution is -0.0708. The van der Waals surface area contributed by atoms with Gasteiger partial charge < -0.3 is 4.74 Å². The van der Waals surface area contributed by atoms with Crippen LogP contribution in [0.25, 0.3) is 0 Å². The van der Waals surface area contributed by atoms with E-state index in [0.29, 0.717) is 11.7 Å². The van der Waals surface area contributed by atoms with Crippen LogP contribution in [0.5, 0.6) is 0 Å². The van der Waals surface area contributed by atoms with Gasteiger partial charge in [0, 0.05) is 4.83 Å². The maximum absolute atomic E-state index is 6.51. The van der Waals surface area contributed by atoms with Crippen molar-refractivity contribution in [3.63, 3.8) is 0 Å². The molecule has 3 atom stereocenters. The summed E-state index contributed by atoms with van der Waals surface area (Å²) in [7, 11) is 0. The highest BCUT2D eigenvalue weighted by Crippen LogP contribution is 2.44. The summed E-state index contributed by atoms with van der Waals surface area (Å²) in [5.41, 5.74) is 0.325. The Morgan fingerprint density at radius 3 is 2.56 bits per heavy atom. The fourth-order valence-electron chi connectivity index (χ4n) is 4.44. The molecule has 18 heavy (non-hydrogen) atoms. The number of alkyl halides is 1. The van der Waals surface area contributed by atoms with E-state index >= 15 is 0 Å². The van der Waals surface area contributed by atoms with Crippen molar-refractivity contribution < 1.29 is 4.74 Å². The summed E-state index contributed by atoms with van der Waals surface area (Å²) in [5, 5.41) is 0. The SMILES string of the molecule is BrC1CCCC(CC2CCC3(CCCCC3)O2)C1. The van der Waals surface area contributed by atoms with E-state index in [4.69, 9.17) is 4.74 Å². The van der Waals surface area contributed by atoms with Gasteiger partial charge in [0.15, 0.2) is 0 Å². The maximum Gasteiger partial charge on any atom is 0.0687 e. The number of hydrogen-bond donors (Lipinski definition) is 0. The van der Waals surface area contributed by atoms with Crippen LogP contribution in [-0.4, -0.2) is 16.5 Å². The molecule has 0 aromatic carbocycles. The normalized spacial score (nSPS) is 40.2. The second-order valence-corrected chi connectivity index (χ2v) is 8.18. The molecule has 1 heterocycles. The first-order valence-electron chi connectivity index (χ1n) is 8.08. The van der Waals surface area contributed by atoms with Crippen molar-refractivity contribution >= 4 is 15.9 Å². The van der Waals surface area contributed by atoms with Gasteiger partial charge in [-0.3, -0.25) is 0 Å². The summed E-state index contributed by atoms with van der Waals surface area (Å²) in [5.74, 6) is 0.923. The molecule has 0 aromatic heterocycles. The Labute approximate surface area is 120 Å².